The Morgan fingerprint density at radius 3 is 2.23 bits per heavy atom. The highest BCUT2D eigenvalue weighted by Gasteiger charge is 2.19. The number of anilines is 1. The number of carbonyl (C=O) groups excluding carboxylic acids is 1. The maximum atomic E-state index is 13.2. The standard InChI is InChI=1S/C25H22FN3O2/c1-17(31-22-14-10-19(11-15-22)18-6-4-3-5-7-18)25(30)28-24-23(27-16-29(24)2)20-8-12-21(26)13-9-20/h3-17H,1-2H3,(H,28,30)/t17-/m1/s1. The van der Waals surface area contributed by atoms with Gasteiger partial charge in [-0.25, -0.2) is 9.37 Å². The van der Waals surface area contributed by atoms with Crippen molar-refractivity contribution in [3.05, 3.63) is 91.0 Å². The van der Waals surface area contributed by atoms with Crippen LogP contribution in [0.5, 0.6) is 5.75 Å². The third-order valence-corrected chi connectivity index (χ3v) is 4.94. The molecular weight excluding hydrogens is 393 g/mol. The van der Waals surface area contributed by atoms with Crippen LogP contribution in [0.1, 0.15) is 6.92 Å². The summed E-state index contributed by atoms with van der Waals surface area (Å²) < 4.78 is 20.8. The van der Waals surface area contributed by atoms with Crippen molar-refractivity contribution in [1.82, 2.24) is 9.55 Å². The molecule has 1 heterocycles. The lowest BCUT2D eigenvalue weighted by atomic mass is 10.1. The third kappa shape index (κ3) is 4.64. The van der Waals surface area contributed by atoms with Crippen molar-refractivity contribution in [1.29, 1.82) is 0 Å². The van der Waals surface area contributed by atoms with E-state index in [1.54, 1.807) is 37.0 Å². The minimum absolute atomic E-state index is 0.306. The monoisotopic (exact) mass is 415 g/mol. The number of aryl methyl sites for hydroxylation is 1. The Balaban J connectivity index is 1.45. The second kappa shape index (κ2) is 8.83. The van der Waals surface area contributed by atoms with Crippen molar-refractivity contribution >= 4 is 11.7 Å². The SMILES string of the molecule is C[C@@H](Oc1ccc(-c2ccccc2)cc1)C(=O)Nc1c(-c2ccc(F)cc2)ncn1C. The summed E-state index contributed by atoms with van der Waals surface area (Å²) in [6.07, 6.45) is 0.876. The highest BCUT2D eigenvalue weighted by molar-refractivity contribution is 5.96. The molecule has 0 saturated heterocycles. The Hall–Kier alpha value is -3.93. The summed E-state index contributed by atoms with van der Waals surface area (Å²) in [6.45, 7) is 1.69. The maximum absolute atomic E-state index is 13.2. The zero-order valence-corrected chi connectivity index (χ0v) is 17.2. The van der Waals surface area contributed by atoms with Gasteiger partial charge in [0.25, 0.3) is 5.91 Å². The smallest absolute Gasteiger partial charge is 0.266 e. The molecule has 156 valence electrons. The van der Waals surface area contributed by atoms with Crippen LogP contribution >= 0.6 is 0 Å². The molecule has 1 N–H and O–H groups in total. The average molecular weight is 415 g/mol. The Morgan fingerprint density at radius 2 is 1.55 bits per heavy atom. The summed E-state index contributed by atoms with van der Waals surface area (Å²) in [5.74, 6) is 0.488. The Kier molecular flexibility index (Phi) is 5.80. The van der Waals surface area contributed by atoms with Crippen LogP contribution in [0.4, 0.5) is 10.2 Å². The van der Waals surface area contributed by atoms with Crippen LogP contribution in [-0.4, -0.2) is 21.6 Å². The zero-order chi connectivity index (χ0) is 21.8. The van der Waals surface area contributed by atoms with Gasteiger partial charge in [-0.3, -0.25) is 4.79 Å². The molecule has 5 nitrogen and oxygen atoms in total. The summed E-state index contributed by atoms with van der Waals surface area (Å²) in [7, 11) is 1.78. The number of nitrogens with zero attached hydrogens (tertiary/aromatic N) is 2. The third-order valence-electron chi connectivity index (χ3n) is 4.94. The van der Waals surface area contributed by atoms with E-state index in [9.17, 15) is 9.18 Å². The number of halogens is 1. The van der Waals surface area contributed by atoms with Crippen molar-refractivity contribution in [2.75, 3.05) is 5.32 Å². The Labute approximate surface area is 180 Å². The molecule has 0 unspecified atom stereocenters. The molecule has 3 aromatic carbocycles. The van der Waals surface area contributed by atoms with Crippen LogP contribution in [-0.2, 0) is 11.8 Å². The lowest BCUT2D eigenvalue weighted by Gasteiger charge is -2.16. The largest absolute Gasteiger partial charge is 0.481 e. The van der Waals surface area contributed by atoms with Gasteiger partial charge in [0.05, 0.1) is 6.33 Å². The van der Waals surface area contributed by atoms with Crippen molar-refractivity contribution in [3.63, 3.8) is 0 Å². The number of amides is 1. The van der Waals surface area contributed by atoms with E-state index in [-0.39, 0.29) is 11.7 Å². The van der Waals surface area contributed by atoms with Crippen LogP contribution in [0.25, 0.3) is 22.4 Å². The van der Waals surface area contributed by atoms with E-state index < -0.39 is 6.10 Å². The summed E-state index contributed by atoms with van der Waals surface area (Å²) in [6, 6.07) is 23.6. The molecule has 6 heteroatoms. The number of imidazole rings is 1. The van der Waals surface area contributed by atoms with Gasteiger partial charge in [-0.05, 0) is 54.4 Å². The topological polar surface area (TPSA) is 56.1 Å². The predicted molar refractivity (Wildman–Crippen MR) is 119 cm³/mol. The van der Waals surface area contributed by atoms with Gasteiger partial charge in [-0.2, -0.15) is 0 Å². The molecule has 0 saturated carbocycles. The zero-order valence-electron chi connectivity index (χ0n) is 17.2. The first-order valence-corrected chi connectivity index (χ1v) is 9.91. The molecule has 0 radical (unpaired) electrons. The second-order valence-corrected chi connectivity index (χ2v) is 7.20. The van der Waals surface area contributed by atoms with E-state index in [4.69, 9.17) is 4.74 Å². The number of benzene rings is 3. The van der Waals surface area contributed by atoms with E-state index in [0.29, 0.717) is 22.8 Å². The number of ether oxygens (including phenoxy) is 1. The number of carbonyl (C=O) groups is 1. The lowest BCUT2D eigenvalue weighted by Crippen LogP contribution is -2.31. The van der Waals surface area contributed by atoms with Gasteiger partial charge in [-0.15, -0.1) is 0 Å². The summed E-state index contributed by atoms with van der Waals surface area (Å²) in [5, 5.41) is 2.87. The molecule has 0 spiro atoms. The molecule has 0 fully saturated rings. The molecule has 1 atom stereocenters. The Bertz CT molecular complexity index is 1170. The number of aromatic nitrogens is 2. The van der Waals surface area contributed by atoms with E-state index in [0.717, 1.165) is 11.1 Å². The van der Waals surface area contributed by atoms with Crippen molar-refractivity contribution in [3.8, 4) is 28.1 Å². The quantitative estimate of drug-likeness (QED) is 0.465. The van der Waals surface area contributed by atoms with Crippen molar-refractivity contribution in [2.45, 2.75) is 13.0 Å². The van der Waals surface area contributed by atoms with Gasteiger partial charge in [0, 0.05) is 12.6 Å². The molecule has 0 aliphatic rings. The van der Waals surface area contributed by atoms with Gasteiger partial charge < -0.3 is 14.6 Å². The minimum atomic E-state index is -0.724. The second-order valence-electron chi connectivity index (χ2n) is 7.20. The summed E-state index contributed by atoms with van der Waals surface area (Å²) in [4.78, 5) is 17.1. The Morgan fingerprint density at radius 1 is 0.935 bits per heavy atom. The molecule has 1 amide bonds. The fourth-order valence-corrected chi connectivity index (χ4v) is 3.23. The molecule has 31 heavy (non-hydrogen) atoms. The number of rotatable bonds is 6. The van der Waals surface area contributed by atoms with Gasteiger partial charge in [0.15, 0.2) is 6.10 Å². The fraction of sp³-hybridized carbons (Fsp3) is 0.120. The number of hydrogen-bond acceptors (Lipinski definition) is 3. The van der Waals surface area contributed by atoms with E-state index in [1.165, 1.54) is 12.1 Å². The normalized spacial score (nSPS) is 11.7. The number of hydrogen-bond donors (Lipinski definition) is 1. The molecule has 4 aromatic rings. The van der Waals surface area contributed by atoms with Gasteiger partial charge in [0.1, 0.15) is 23.1 Å². The first-order chi connectivity index (χ1) is 15.0. The molecule has 0 bridgehead atoms. The average Bonchev–Trinajstić information content (AvgIpc) is 3.15. The van der Waals surface area contributed by atoms with E-state index >= 15 is 0 Å². The first kappa shape index (κ1) is 20.3. The maximum Gasteiger partial charge on any atom is 0.266 e. The fourth-order valence-electron chi connectivity index (χ4n) is 3.23. The van der Waals surface area contributed by atoms with Gasteiger partial charge in [-0.1, -0.05) is 42.5 Å². The summed E-state index contributed by atoms with van der Waals surface area (Å²) >= 11 is 0. The lowest BCUT2D eigenvalue weighted by molar-refractivity contribution is -0.122. The van der Waals surface area contributed by atoms with Gasteiger partial charge in [0.2, 0.25) is 0 Å². The van der Waals surface area contributed by atoms with Gasteiger partial charge >= 0.3 is 0 Å². The first-order valence-electron chi connectivity index (χ1n) is 9.91. The minimum Gasteiger partial charge on any atom is -0.481 e. The molecule has 0 aliphatic carbocycles. The number of nitrogens with one attached hydrogen (secondary N) is 1. The molecule has 4 rings (SSSR count). The molecular formula is C25H22FN3O2. The van der Waals surface area contributed by atoms with Crippen molar-refractivity contribution < 1.29 is 13.9 Å². The highest BCUT2D eigenvalue weighted by atomic mass is 19.1. The van der Waals surface area contributed by atoms with Crippen LogP contribution < -0.4 is 10.1 Å². The van der Waals surface area contributed by atoms with E-state index in [1.807, 2.05) is 54.6 Å². The van der Waals surface area contributed by atoms with Crippen LogP contribution in [0.15, 0.2) is 85.2 Å². The predicted octanol–water partition coefficient (Wildman–Crippen LogP) is 5.30. The molecule has 0 aliphatic heterocycles. The molecule has 1 aromatic heterocycles. The van der Waals surface area contributed by atoms with Crippen LogP contribution in [0.2, 0.25) is 0 Å². The van der Waals surface area contributed by atoms with Crippen LogP contribution in [0, 0.1) is 5.82 Å². The highest BCUT2D eigenvalue weighted by Crippen LogP contribution is 2.27. The van der Waals surface area contributed by atoms with Crippen LogP contribution in [0.3, 0.4) is 0 Å². The summed E-state index contributed by atoms with van der Waals surface area (Å²) in [5.41, 5.74) is 3.46. The van der Waals surface area contributed by atoms with E-state index in [2.05, 4.69) is 10.3 Å². The van der Waals surface area contributed by atoms with Crippen molar-refractivity contribution in [2.24, 2.45) is 7.05 Å².